The first-order valence-electron chi connectivity index (χ1n) is 1.82. The summed E-state index contributed by atoms with van der Waals surface area (Å²) in [4.78, 5) is 0. The Morgan fingerprint density at radius 2 is 1.75 bits per heavy atom. The Bertz CT molecular complexity index is 160. The van der Waals surface area contributed by atoms with Crippen molar-refractivity contribution in [2.45, 2.75) is 0 Å². The molecule has 0 aliphatic carbocycles. The minimum atomic E-state index is -4.05. The van der Waals surface area contributed by atoms with E-state index in [4.69, 9.17) is 0 Å². The zero-order valence-electron chi connectivity index (χ0n) is 4.49. The summed E-state index contributed by atoms with van der Waals surface area (Å²) in [5.41, 5.74) is 0. The second-order valence-corrected chi connectivity index (χ2v) is 2.73. The summed E-state index contributed by atoms with van der Waals surface area (Å²) in [5.74, 6) is 0. The van der Waals surface area contributed by atoms with Crippen LogP contribution in [0.5, 0.6) is 0 Å². The van der Waals surface area contributed by atoms with Crippen molar-refractivity contribution in [2.75, 3.05) is 13.1 Å². The second-order valence-electron chi connectivity index (χ2n) is 1.36. The molecule has 1 aliphatic heterocycles. The van der Waals surface area contributed by atoms with Crippen LogP contribution in [0.3, 0.4) is 0 Å². The first-order chi connectivity index (χ1) is 3.11. The van der Waals surface area contributed by atoms with Gasteiger partial charge in [-0.05, 0) is 0 Å². The summed E-state index contributed by atoms with van der Waals surface area (Å²) < 4.78 is 30.1. The minimum absolute atomic E-state index is 0. The molecule has 0 saturated carbocycles. The van der Waals surface area contributed by atoms with Gasteiger partial charge in [-0.2, -0.15) is 0 Å². The molecule has 1 heterocycles. The molecule has 8 heavy (non-hydrogen) atoms. The molecule has 0 radical (unpaired) electrons. The Balaban J connectivity index is 0.000000490. The van der Waals surface area contributed by atoms with Crippen LogP contribution in [0.2, 0.25) is 0 Å². The zero-order chi connectivity index (χ0) is 5.49. The fourth-order valence-electron chi connectivity index (χ4n) is 0.264. The molecule has 1 aliphatic rings. The normalized spacial score (nSPS) is 19.6. The fraction of sp³-hybridized carbons (Fsp3) is 1.00. The third-order valence-corrected chi connectivity index (χ3v) is 1.72. The van der Waals surface area contributed by atoms with Crippen LogP contribution in [0, 0.1) is 0 Å². The molecule has 0 spiro atoms. The van der Waals surface area contributed by atoms with Gasteiger partial charge in [-0.3, -0.25) is 0 Å². The van der Waals surface area contributed by atoms with E-state index in [-0.39, 0.29) is 18.9 Å². The maximum absolute atomic E-state index is 9.76. The van der Waals surface area contributed by atoms with E-state index in [2.05, 4.69) is 0 Å². The first-order valence-corrected chi connectivity index (χ1v) is 3.18. The van der Waals surface area contributed by atoms with Gasteiger partial charge >= 0.3 is 18.9 Å². The Morgan fingerprint density at radius 1 is 1.38 bits per heavy atom. The van der Waals surface area contributed by atoms with E-state index < -0.39 is 10.3 Å². The molecule has 4 nitrogen and oxygen atoms in total. The number of nitrogens with zero attached hydrogens (tertiary/aromatic N) is 1. The number of hydrogen-bond donors (Lipinski definition) is 0. The first kappa shape index (κ1) is 8.47. The van der Waals surface area contributed by atoms with Gasteiger partial charge in [-0.25, -0.2) is 12.7 Å². The summed E-state index contributed by atoms with van der Waals surface area (Å²) in [5, 5.41) is 0. The van der Waals surface area contributed by atoms with Gasteiger partial charge in [0.15, 0.2) is 10.3 Å². The molecule has 0 aromatic heterocycles. The third kappa shape index (κ3) is 2.16. The van der Waals surface area contributed by atoms with Crippen molar-refractivity contribution in [3.8, 4) is 0 Å². The molecule has 0 bridgehead atoms. The topological polar surface area (TPSA) is 60.2 Å². The molecular formula is C2H4LiNO3S. The second kappa shape index (κ2) is 2.38. The summed E-state index contributed by atoms with van der Waals surface area (Å²) in [6.07, 6.45) is 0. The molecule has 0 amide bonds. The van der Waals surface area contributed by atoms with Crippen LogP contribution in [-0.2, 0) is 10.3 Å². The van der Waals surface area contributed by atoms with Gasteiger partial charge in [-0.1, -0.05) is 0 Å². The van der Waals surface area contributed by atoms with Crippen molar-refractivity contribution in [1.29, 1.82) is 0 Å². The quantitative estimate of drug-likeness (QED) is 0.205. The van der Waals surface area contributed by atoms with E-state index in [0.717, 1.165) is 4.31 Å². The largest absolute Gasteiger partial charge is 1.00 e. The van der Waals surface area contributed by atoms with Gasteiger partial charge in [0, 0.05) is 13.1 Å². The van der Waals surface area contributed by atoms with Gasteiger partial charge < -0.3 is 4.55 Å². The average Bonchev–Trinajstić information content (AvgIpc) is 1.99. The Morgan fingerprint density at radius 3 is 1.75 bits per heavy atom. The maximum Gasteiger partial charge on any atom is 1.00 e. The van der Waals surface area contributed by atoms with E-state index >= 15 is 0 Å². The third-order valence-electron chi connectivity index (χ3n) is 0.722. The van der Waals surface area contributed by atoms with Gasteiger partial charge in [0.2, 0.25) is 0 Å². The predicted molar refractivity (Wildman–Crippen MR) is 21.3 cm³/mol. The van der Waals surface area contributed by atoms with Gasteiger partial charge in [0.05, 0.1) is 0 Å². The molecule has 1 saturated heterocycles. The minimum Gasteiger partial charge on any atom is -0.735 e. The monoisotopic (exact) mass is 129 g/mol. The van der Waals surface area contributed by atoms with E-state index in [9.17, 15) is 13.0 Å². The van der Waals surface area contributed by atoms with E-state index in [0.29, 0.717) is 13.1 Å². The molecule has 1 rings (SSSR count). The SMILES string of the molecule is O=S(=O)([O-])N1CC1.[Li+]. The van der Waals surface area contributed by atoms with Crippen LogP contribution in [-0.4, -0.2) is 30.4 Å². The van der Waals surface area contributed by atoms with Crippen LogP contribution < -0.4 is 18.9 Å². The van der Waals surface area contributed by atoms with Crippen LogP contribution in [0.1, 0.15) is 0 Å². The van der Waals surface area contributed by atoms with Gasteiger partial charge in [0.25, 0.3) is 0 Å². The van der Waals surface area contributed by atoms with Crippen LogP contribution in [0.15, 0.2) is 0 Å². The van der Waals surface area contributed by atoms with Crippen molar-refractivity contribution < 1.29 is 31.8 Å². The summed E-state index contributed by atoms with van der Waals surface area (Å²) in [6.45, 7) is 0.817. The number of rotatable bonds is 1. The average molecular weight is 129 g/mol. The smallest absolute Gasteiger partial charge is 0.735 e. The van der Waals surface area contributed by atoms with Crippen molar-refractivity contribution in [3.63, 3.8) is 0 Å². The summed E-state index contributed by atoms with van der Waals surface area (Å²) >= 11 is 0. The van der Waals surface area contributed by atoms with Gasteiger partial charge in [0.1, 0.15) is 0 Å². The van der Waals surface area contributed by atoms with Crippen molar-refractivity contribution >= 4 is 10.3 Å². The van der Waals surface area contributed by atoms with Crippen LogP contribution >= 0.6 is 0 Å². The molecule has 1 fully saturated rings. The van der Waals surface area contributed by atoms with Crippen molar-refractivity contribution in [1.82, 2.24) is 4.31 Å². The van der Waals surface area contributed by atoms with Crippen molar-refractivity contribution in [2.24, 2.45) is 0 Å². The molecule has 6 heteroatoms. The van der Waals surface area contributed by atoms with Crippen LogP contribution in [0.4, 0.5) is 0 Å². The molecule has 0 N–H and O–H groups in total. The predicted octanol–water partition coefficient (Wildman–Crippen LogP) is -4.23. The zero-order valence-corrected chi connectivity index (χ0v) is 5.31. The Kier molecular flexibility index (Phi) is 2.51. The van der Waals surface area contributed by atoms with Gasteiger partial charge in [-0.15, -0.1) is 0 Å². The molecule has 0 atom stereocenters. The standard InChI is InChI=1S/C2H5NO3S.Li/c4-7(5,6)3-1-2-3;/h1-2H2,(H,4,5,6);/q;+1/p-1. The Labute approximate surface area is 59.9 Å². The summed E-state index contributed by atoms with van der Waals surface area (Å²) in [6, 6.07) is 0. The molecule has 0 unspecified atom stereocenters. The fourth-order valence-corrected chi connectivity index (χ4v) is 0.793. The maximum atomic E-state index is 9.76. The van der Waals surface area contributed by atoms with Crippen molar-refractivity contribution in [3.05, 3.63) is 0 Å². The molecule has 42 valence electrons. The Hall–Kier alpha value is 0.467. The van der Waals surface area contributed by atoms with Crippen LogP contribution in [0.25, 0.3) is 0 Å². The molecular weight excluding hydrogens is 125 g/mol. The van der Waals surface area contributed by atoms with E-state index in [1.54, 1.807) is 0 Å². The summed E-state index contributed by atoms with van der Waals surface area (Å²) in [7, 11) is -4.05. The van der Waals surface area contributed by atoms with E-state index in [1.165, 1.54) is 0 Å². The molecule has 0 aromatic carbocycles. The number of hydrogen-bond acceptors (Lipinski definition) is 3. The van der Waals surface area contributed by atoms with E-state index in [1.807, 2.05) is 0 Å². The molecule has 0 aromatic rings.